The topological polar surface area (TPSA) is 60.2 Å². The molecule has 0 aromatic carbocycles. The van der Waals surface area contributed by atoms with Crippen molar-refractivity contribution in [2.45, 2.75) is 32.9 Å². The van der Waals surface area contributed by atoms with Crippen LogP contribution in [-0.4, -0.2) is 27.0 Å². The van der Waals surface area contributed by atoms with Crippen molar-refractivity contribution in [1.29, 1.82) is 0 Å². The first-order valence-corrected chi connectivity index (χ1v) is 6.38. The van der Waals surface area contributed by atoms with Gasteiger partial charge in [0.25, 0.3) is 0 Å². The van der Waals surface area contributed by atoms with Gasteiger partial charge in [0.1, 0.15) is 11.8 Å². The first kappa shape index (κ1) is 13.5. The monoisotopic (exact) mass is 261 g/mol. The molecule has 0 spiro atoms. The normalized spacial score (nSPS) is 12.4. The van der Waals surface area contributed by atoms with Gasteiger partial charge >= 0.3 is 0 Å². The van der Waals surface area contributed by atoms with Crippen molar-refractivity contribution in [1.82, 2.24) is 14.8 Å². The highest BCUT2D eigenvalue weighted by molar-refractivity contribution is 5.34. The van der Waals surface area contributed by atoms with Crippen LogP contribution in [0.1, 0.15) is 36.4 Å². The SMILES string of the molecule is CCCn1ncc(OC)c1C(O)c1ncccc1C. The lowest BCUT2D eigenvalue weighted by molar-refractivity contribution is 0.196. The summed E-state index contributed by atoms with van der Waals surface area (Å²) in [5, 5.41) is 14.8. The Balaban J connectivity index is 2.45. The van der Waals surface area contributed by atoms with E-state index in [1.165, 1.54) is 0 Å². The largest absolute Gasteiger partial charge is 0.493 e. The number of methoxy groups -OCH3 is 1. The molecule has 0 amide bonds. The third kappa shape index (κ3) is 2.61. The molecule has 0 saturated heterocycles. The number of hydrogen-bond donors (Lipinski definition) is 1. The van der Waals surface area contributed by atoms with Crippen LogP contribution in [0.4, 0.5) is 0 Å². The van der Waals surface area contributed by atoms with Crippen LogP contribution in [0.3, 0.4) is 0 Å². The number of pyridine rings is 1. The Labute approximate surface area is 112 Å². The highest BCUT2D eigenvalue weighted by Gasteiger charge is 2.23. The fraction of sp³-hybridized carbons (Fsp3) is 0.429. The zero-order valence-electron chi connectivity index (χ0n) is 11.5. The van der Waals surface area contributed by atoms with Crippen LogP contribution in [-0.2, 0) is 6.54 Å². The minimum absolute atomic E-state index is 0.589. The minimum atomic E-state index is -0.829. The summed E-state index contributed by atoms with van der Waals surface area (Å²) in [4.78, 5) is 4.26. The number of aryl methyl sites for hydroxylation is 2. The van der Waals surface area contributed by atoms with E-state index in [1.807, 2.05) is 19.1 Å². The van der Waals surface area contributed by atoms with Gasteiger partial charge in [-0.05, 0) is 25.0 Å². The van der Waals surface area contributed by atoms with Crippen molar-refractivity contribution < 1.29 is 9.84 Å². The molecule has 5 heteroatoms. The fourth-order valence-corrected chi connectivity index (χ4v) is 2.11. The van der Waals surface area contributed by atoms with Gasteiger partial charge in [0.05, 0.1) is 19.0 Å². The Morgan fingerprint density at radius 2 is 2.26 bits per heavy atom. The van der Waals surface area contributed by atoms with E-state index in [9.17, 15) is 5.11 Å². The molecule has 102 valence electrons. The second-order valence-electron chi connectivity index (χ2n) is 4.43. The molecule has 0 fully saturated rings. The highest BCUT2D eigenvalue weighted by atomic mass is 16.5. The maximum absolute atomic E-state index is 10.6. The van der Waals surface area contributed by atoms with Gasteiger partial charge in [0.2, 0.25) is 0 Å². The zero-order chi connectivity index (χ0) is 13.8. The molecule has 0 aliphatic carbocycles. The number of aromatic nitrogens is 3. The third-order valence-corrected chi connectivity index (χ3v) is 3.07. The molecule has 5 nitrogen and oxygen atoms in total. The maximum Gasteiger partial charge on any atom is 0.163 e. The average Bonchev–Trinajstić information content (AvgIpc) is 2.82. The standard InChI is InChI=1S/C14H19N3O2/c1-4-8-17-13(11(19-3)9-16-17)14(18)12-10(2)6-5-7-15-12/h5-7,9,14,18H,4,8H2,1-3H3. The van der Waals surface area contributed by atoms with E-state index in [4.69, 9.17) is 4.74 Å². The molecule has 0 radical (unpaired) electrons. The molecule has 1 atom stereocenters. The summed E-state index contributed by atoms with van der Waals surface area (Å²) in [6, 6.07) is 3.78. The van der Waals surface area contributed by atoms with Gasteiger partial charge in [-0.2, -0.15) is 5.10 Å². The number of hydrogen-bond acceptors (Lipinski definition) is 4. The number of ether oxygens (including phenoxy) is 1. The third-order valence-electron chi connectivity index (χ3n) is 3.07. The molecule has 1 N–H and O–H groups in total. The van der Waals surface area contributed by atoms with Gasteiger partial charge in [-0.25, -0.2) is 0 Å². The summed E-state index contributed by atoms with van der Waals surface area (Å²) >= 11 is 0. The second-order valence-corrected chi connectivity index (χ2v) is 4.43. The molecule has 2 heterocycles. The summed E-state index contributed by atoms with van der Waals surface area (Å²) in [5.41, 5.74) is 2.24. The van der Waals surface area contributed by atoms with Crippen molar-refractivity contribution in [2.24, 2.45) is 0 Å². The molecule has 2 aromatic rings. The van der Waals surface area contributed by atoms with Crippen LogP contribution in [0.15, 0.2) is 24.5 Å². The molecule has 0 bridgehead atoms. The Morgan fingerprint density at radius 3 is 2.89 bits per heavy atom. The smallest absolute Gasteiger partial charge is 0.163 e. The molecular formula is C14H19N3O2. The quantitative estimate of drug-likeness (QED) is 0.895. The van der Waals surface area contributed by atoms with Gasteiger partial charge in [0, 0.05) is 12.7 Å². The van der Waals surface area contributed by atoms with Gasteiger partial charge in [-0.1, -0.05) is 13.0 Å². The molecule has 2 rings (SSSR count). The van der Waals surface area contributed by atoms with Crippen LogP contribution in [0.5, 0.6) is 5.75 Å². The Hall–Kier alpha value is -1.88. The van der Waals surface area contributed by atoms with Crippen LogP contribution >= 0.6 is 0 Å². The Kier molecular flexibility index (Phi) is 4.16. The van der Waals surface area contributed by atoms with Crippen LogP contribution < -0.4 is 4.74 Å². The van der Waals surface area contributed by atoms with E-state index in [0.717, 1.165) is 18.5 Å². The van der Waals surface area contributed by atoms with E-state index in [0.29, 0.717) is 17.1 Å². The lowest BCUT2D eigenvalue weighted by Crippen LogP contribution is -2.13. The van der Waals surface area contributed by atoms with E-state index in [-0.39, 0.29) is 0 Å². The molecule has 19 heavy (non-hydrogen) atoms. The van der Waals surface area contributed by atoms with Crippen molar-refractivity contribution in [3.8, 4) is 5.75 Å². The fourth-order valence-electron chi connectivity index (χ4n) is 2.11. The average molecular weight is 261 g/mol. The number of nitrogens with zero attached hydrogens (tertiary/aromatic N) is 3. The van der Waals surface area contributed by atoms with Crippen molar-refractivity contribution in [3.63, 3.8) is 0 Å². The first-order chi connectivity index (χ1) is 9.19. The number of aliphatic hydroxyl groups excluding tert-OH is 1. The maximum atomic E-state index is 10.6. The second kappa shape index (κ2) is 5.84. The number of aliphatic hydroxyl groups is 1. The van der Waals surface area contributed by atoms with Gasteiger partial charge in [0.15, 0.2) is 5.75 Å². The van der Waals surface area contributed by atoms with E-state index in [2.05, 4.69) is 17.0 Å². The first-order valence-electron chi connectivity index (χ1n) is 6.38. The number of rotatable bonds is 5. The predicted octanol–water partition coefficient (Wildman–Crippen LogP) is 2.09. The summed E-state index contributed by atoms with van der Waals surface area (Å²) in [6.07, 6.45) is 3.42. The Morgan fingerprint density at radius 1 is 1.47 bits per heavy atom. The van der Waals surface area contributed by atoms with E-state index < -0.39 is 6.10 Å². The van der Waals surface area contributed by atoms with Gasteiger partial charge < -0.3 is 9.84 Å². The summed E-state index contributed by atoms with van der Waals surface area (Å²) < 4.78 is 7.06. The molecule has 0 aliphatic heterocycles. The highest BCUT2D eigenvalue weighted by Crippen LogP contribution is 2.30. The lowest BCUT2D eigenvalue weighted by Gasteiger charge is -2.15. The van der Waals surface area contributed by atoms with Crippen LogP contribution in [0.25, 0.3) is 0 Å². The van der Waals surface area contributed by atoms with Gasteiger partial charge in [-0.15, -0.1) is 0 Å². The predicted molar refractivity (Wildman–Crippen MR) is 72.1 cm³/mol. The van der Waals surface area contributed by atoms with Crippen molar-refractivity contribution >= 4 is 0 Å². The summed E-state index contributed by atoms with van der Waals surface area (Å²) in [7, 11) is 1.58. The van der Waals surface area contributed by atoms with Gasteiger partial charge in [-0.3, -0.25) is 9.67 Å². The van der Waals surface area contributed by atoms with Crippen molar-refractivity contribution in [2.75, 3.05) is 7.11 Å². The molecule has 0 saturated carbocycles. The molecular weight excluding hydrogens is 242 g/mol. The Bertz CT molecular complexity index is 551. The summed E-state index contributed by atoms with van der Waals surface area (Å²) in [6.45, 7) is 4.73. The molecule has 1 unspecified atom stereocenters. The molecule has 0 aliphatic rings. The minimum Gasteiger partial charge on any atom is -0.493 e. The van der Waals surface area contributed by atoms with E-state index >= 15 is 0 Å². The van der Waals surface area contributed by atoms with Crippen molar-refractivity contribution in [3.05, 3.63) is 41.5 Å². The van der Waals surface area contributed by atoms with E-state index in [1.54, 1.807) is 24.2 Å². The molecule has 2 aromatic heterocycles. The lowest BCUT2D eigenvalue weighted by atomic mass is 10.1. The van der Waals surface area contributed by atoms with Crippen LogP contribution in [0, 0.1) is 6.92 Å². The summed E-state index contributed by atoms with van der Waals surface area (Å²) in [5.74, 6) is 0.589. The van der Waals surface area contributed by atoms with Crippen LogP contribution in [0.2, 0.25) is 0 Å². The zero-order valence-corrected chi connectivity index (χ0v) is 11.5.